The molecule has 1 fully saturated rings. The average molecular weight is 276 g/mol. The first-order chi connectivity index (χ1) is 9.83. The quantitative estimate of drug-likeness (QED) is 0.698. The summed E-state index contributed by atoms with van der Waals surface area (Å²) in [5, 5.41) is 0. The molecule has 1 aromatic carbocycles. The van der Waals surface area contributed by atoms with Crippen molar-refractivity contribution in [1.29, 1.82) is 0 Å². The zero-order valence-electron chi connectivity index (χ0n) is 12.3. The first-order valence-corrected chi connectivity index (χ1v) is 7.68. The highest BCUT2D eigenvalue weighted by Gasteiger charge is 2.15. The molecule has 20 heavy (non-hydrogen) atoms. The minimum atomic E-state index is 0.602. The lowest BCUT2D eigenvalue weighted by Crippen LogP contribution is -2.15. The third kappa shape index (κ3) is 4.26. The summed E-state index contributed by atoms with van der Waals surface area (Å²) in [5.41, 5.74) is 0.602. The highest BCUT2D eigenvalue weighted by atomic mass is 16.5. The summed E-state index contributed by atoms with van der Waals surface area (Å²) in [7, 11) is 0. The molecule has 0 aliphatic heterocycles. The van der Waals surface area contributed by atoms with Gasteiger partial charge in [0.25, 0.3) is 0 Å². The minimum absolute atomic E-state index is 0.602. The van der Waals surface area contributed by atoms with Crippen LogP contribution in [0.3, 0.4) is 0 Å². The molecule has 1 aliphatic rings. The largest absolute Gasteiger partial charge is 0.493 e. The lowest BCUT2D eigenvalue weighted by molar-refractivity contribution is 0.111. The Hall–Kier alpha value is -1.51. The molecule has 0 spiro atoms. The van der Waals surface area contributed by atoms with Gasteiger partial charge in [0, 0.05) is 6.07 Å². The summed E-state index contributed by atoms with van der Waals surface area (Å²) < 4.78 is 11.5. The van der Waals surface area contributed by atoms with E-state index >= 15 is 0 Å². The Morgan fingerprint density at radius 1 is 1.20 bits per heavy atom. The third-order valence-corrected chi connectivity index (χ3v) is 3.78. The highest BCUT2D eigenvalue weighted by Crippen LogP contribution is 2.28. The van der Waals surface area contributed by atoms with Crippen molar-refractivity contribution in [1.82, 2.24) is 0 Å². The van der Waals surface area contributed by atoms with Crippen LogP contribution in [0.1, 0.15) is 55.8 Å². The van der Waals surface area contributed by atoms with Crippen molar-refractivity contribution in [3.8, 4) is 11.5 Å². The maximum Gasteiger partial charge on any atom is 0.153 e. The normalized spacial score (nSPS) is 15.8. The number of rotatable bonds is 7. The standard InChI is InChI=1S/C17H24O3/c1-2-10-19-16-9-8-15(12-18)17(11-16)20-13-14-6-4-3-5-7-14/h8-9,11-12,14H,2-7,10,13H2,1H3. The van der Waals surface area contributed by atoms with Gasteiger partial charge >= 0.3 is 0 Å². The molecule has 1 saturated carbocycles. The van der Waals surface area contributed by atoms with Gasteiger partial charge in [-0.05, 0) is 37.3 Å². The molecule has 2 rings (SSSR count). The van der Waals surface area contributed by atoms with E-state index in [1.807, 2.05) is 12.1 Å². The van der Waals surface area contributed by atoms with Crippen molar-refractivity contribution in [2.75, 3.05) is 13.2 Å². The molecular formula is C17H24O3. The lowest BCUT2D eigenvalue weighted by atomic mass is 9.90. The summed E-state index contributed by atoms with van der Waals surface area (Å²) in [4.78, 5) is 11.1. The van der Waals surface area contributed by atoms with E-state index in [1.165, 1.54) is 32.1 Å². The van der Waals surface area contributed by atoms with Gasteiger partial charge in [-0.15, -0.1) is 0 Å². The first-order valence-electron chi connectivity index (χ1n) is 7.68. The van der Waals surface area contributed by atoms with Crippen molar-refractivity contribution in [3.63, 3.8) is 0 Å². The molecular weight excluding hydrogens is 252 g/mol. The minimum Gasteiger partial charge on any atom is -0.493 e. The monoisotopic (exact) mass is 276 g/mol. The fourth-order valence-corrected chi connectivity index (χ4v) is 2.61. The second-order valence-corrected chi connectivity index (χ2v) is 5.48. The zero-order valence-corrected chi connectivity index (χ0v) is 12.3. The molecule has 110 valence electrons. The number of ether oxygens (including phenoxy) is 2. The Morgan fingerprint density at radius 2 is 2.00 bits per heavy atom. The summed E-state index contributed by atoms with van der Waals surface area (Å²) >= 11 is 0. The molecule has 3 heteroatoms. The van der Waals surface area contributed by atoms with Crippen LogP contribution in [0.5, 0.6) is 11.5 Å². The van der Waals surface area contributed by atoms with E-state index in [2.05, 4.69) is 6.92 Å². The average Bonchev–Trinajstić information content (AvgIpc) is 2.52. The van der Waals surface area contributed by atoms with E-state index in [4.69, 9.17) is 9.47 Å². The van der Waals surface area contributed by atoms with Gasteiger partial charge in [-0.1, -0.05) is 26.2 Å². The molecule has 0 amide bonds. The van der Waals surface area contributed by atoms with Gasteiger partial charge in [-0.2, -0.15) is 0 Å². The van der Waals surface area contributed by atoms with Gasteiger partial charge in [0.15, 0.2) is 6.29 Å². The van der Waals surface area contributed by atoms with Crippen LogP contribution in [-0.2, 0) is 0 Å². The molecule has 0 radical (unpaired) electrons. The molecule has 0 aromatic heterocycles. The highest BCUT2D eigenvalue weighted by molar-refractivity contribution is 5.79. The molecule has 1 aliphatic carbocycles. The van der Waals surface area contributed by atoms with Crippen LogP contribution in [-0.4, -0.2) is 19.5 Å². The summed E-state index contributed by atoms with van der Waals surface area (Å²) in [5.74, 6) is 2.05. The molecule has 0 heterocycles. The predicted octanol–water partition coefficient (Wildman–Crippen LogP) is 4.25. The Balaban J connectivity index is 1.97. The van der Waals surface area contributed by atoms with E-state index < -0.39 is 0 Å². The molecule has 0 saturated heterocycles. The van der Waals surface area contributed by atoms with Crippen LogP contribution in [0.15, 0.2) is 18.2 Å². The third-order valence-electron chi connectivity index (χ3n) is 3.78. The number of hydrogen-bond donors (Lipinski definition) is 0. The Morgan fingerprint density at radius 3 is 2.70 bits per heavy atom. The van der Waals surface area contributed by atoms with Crippen LogP contribution in [0.4, 0.5) is 0 Å². The summed E-state index contributed by atoms with van der Waals surface area (Å²) in [6, 6.07) is 5.43. The molecule has 0 bridgehead atoms. The SMILES string of the molecule is CCCOc1ccc(C=O)c(OCC2CCCCC2)c1. The molecule has 0 unspecified atom stereocenters. The van der Waals surface area contributed by atoms with Gasteiger partial charge in [-0.3, -0.25) is 4.79 Å². The number of hydrogen-bond acceptors (Lipinski definition) is 3. The van der Waals surface area contributed by atoms with Crippen molar-refractivity contribution >= 4 is 6.29 Å². The van der Waals surface area contributed by atoms with Crippen molar-refractivity contribution < 1.29 is 14.3 Å². The van der Waals surface area contributed by atoms with E-state index in [0.717, 1.165) is 18.5 Å². The van der Waals surface area contributed by atoms with Gasteiger partial charge in [-0.25, -0.2) is 0 Å². The van der Waals surface area contributed by atoms with E-state index in [0.29, 0.717) is 30.4 Å². The smallest absolute Gasteiger partial charge is 0.153 e. The van der Waals surface area contributed by atoms with Crippen molar-refractivity contribution in [2.45, 2.75) is 45.4 Å². The van der Waals surface area contributed by atoms with Crippen molar-refractivity contribution in [3.05, 3.63) is 23.8 Å². The molecule has 0 atom stereocenters. The first kappa shape index (κ1) is 14.9. The molecule has 1 aromatic rings. The van der Waals surface area contributed by atoms with Gasteiger partial charge in [0.1, 0.15) is 11.5 Å². The van der Waals surface area contributed by atoms with Gasteiger partial charge < -0.3 is 9.47 Å². The summed E-state index contributed by atoms with van der Waals surface area (Å²) in [6.45, 7) is 3.46. The number of carbonyl (C=O) groups excluding carboxylic acids is 1. The second kappa shape index (κ2) is 7.93. The van der Waals surface area contributed by atoms with Crippen LogP contribution >= 0.6 is 0 Å². The predicted molar refractivity (Wildman–Crippen MR) is 79.7 cm³/mol. The Bertz CT molecular complexity index is 422. The number of aldehydes is 1. The van der Waals surface area contributed by atoms with Crippen LogP contribution in [0.25, 0.3) is 0 Å². The van der Waals surface area contributed by atoms with Gasteiger partial charge in [0.05, 0.1) is 18.8 Å². The summed E-state index contributed by atoms with van der Waals surface area (Å²) in [6.07, 6.45) is 8.23. The number of benzene rings is 1. The number of carbonyl (C=O) groups is 1. The lowest BCUT2D eigenvalue weighted by Gasteiger charge is -2.22. The van der Waals surface area contributed by atoms with Crippen molar-refractivity contribution in [2.24, 2.45) is 5.92 Å². The molecule has 0 N–H and O–H groups in total. The van der Waals surface area contributed by atoms with Crippen LogP contribution in [0, 0.1) is 5.92 Å². The molecule has 3 nitrogen and oxygen atoms in total. The van der Waals surface area contributed by atoms with E-state index in [9.17, 15) is 4.79 Å². The topological polar surface area (TPSA) is 35.5 Å². The van der Waals surface area contributed by atoms with Gasteiger partial charge in [0.2, 0.25) is 0 Å². The fraction of sp³-hybridized carbons (Fsp3) is 0.588. The maximum atomic E-state index is 11.1. The van der Waals surface area contributed by atoms with Crippen LogP contribution in [0.2, 0.25) is 0 Å². The Labute approximate surface area is 121 Å². The zero-order chi connectivity index (χ0) is 14.2. The van der Waals surface area contributed by atoms with E-state index in [-0.39, 0.29) is 0 Å². The van der Waals surface area contributed by atoms with Crippen LogP contribution < -0.4 is 9.47 Å². The van der Waals surface area contributed by atoms with E-state index in [1.54, 1.807) is 6.07 Å². The maximum absolute atomic E-state index is 11.1. The fourth-order valence-electron chi connectivity index (χ4n) is 2.61. The second-order valence-electron chi connectivity index (χ2n) is 5.48. The Kier molecular flexibility index (Phi) is 5.90.